The molecule has 0 unspecified atom stereocenters. The number of aromatic amines is 1. The lowest BCUT2D eigenvalue weighted by molar-refractivity contribution is 0.374. The fourth-order valence-corrected chi connectivity index (χ4v) is 3.09. The number of fused-ring (bicyclic) bond motifs is 1. The summed E-state index contributed by atoms with van der Waals surface area (Å²) in [6.07, 6.45) is 6.21. The molecule has 1 fully saturated rings. The van der Waals surface area contributed by atoms with Crippen LogP contribution in [-0.4, -0.2) is 24.5 Å². The van der Waals surface area contributed by atoms with E-state index in [9.17, 15) is 9.59 Å². The van der Waals surface area contributed by atoms with Crippen molar-refractivity contribution in [1.29, 1.82) is 0 Å². The monoisotopic (exact) mass is 343 g/mol. The van der Waals surface area contributed by atoms with Crippen molar-refractivity contribution in [3.8, 4) is 0 Å². The highest BCUT2D eigenvalue weighted by Gasteiger charge is 2.24. The minimum atomic E-state index is -0.376. The number of rotatable bonds is 7. The first-order valence-electron chi connectivity index (χ1n) is 8.72. The Morgan fingerprint density at radius 2 is 2.16 bits per heavy atom. The first-order valence-corrected chi connectivity index (χ1v) is 8.72. The number of aryl methyl sites for hydroxylation is 2. The molecule has 0 amide bonds. The average Bonchev–Trinajstić information content (AvgIpc) is 3.16. The van der Waals surface area contributed by atoms with Gasteiger partial charge in [-0.05, 0) is 38.5 Å². The van der Waals surface area contributed by atoms with Crippen LogP contribution in [0, 0.1) is 12.8 Å². The molecule has 4 rings (SSSR count). The maximum atomic E-state index is 12.8. The largest absolute Gasteiger partial charge is 0.361 e. The molecule has 3 aromatic rings. The Hall–Kier alpha value is -2.64. The molecule has 0 aliphatic heterocycles. The van der Waals surface area contributed by atoms with Gasteiger partial charge in [-0.3, -0.25) is 14.0 Å². The van der Waals surface area contributed by atoms with Crippen molar-refractivity contribution in [2.75, 3.05) is 0 Å². The van der Waals surface area contributed by atoms with E-state index in [4.69, 9.17) is 4.52 Å². The zero-order valence-electron chi connectivity index (χ0n) is 14.2. The van der Waals surface area contributed by atoms with E-state index in [2.05, 4.69) is 15.2 Å². The van der Waals surface area contributed by atoms with Gasteiger partial charge in [-0.1, -0.05) is 5.16 Å². The molecule has 8 nitrogen and oxygen atoms in total. The van der Waals surface area contributed by atoms with Crippen molar-refractivity contribution in [1.82, 2.24) is 24.5 Å². The molecule has 25 heavy (non-hydrogen) atoms. The number of hydrogen-bond acceptors (Lipinski definition) is 5. The van der Waals surface area contributed by atoms with Crippen molar-refractivity contribution in [2.24, 2.45) is 5.92 Å². The third-order valence-electron chi connectivity index (χ3n) is 4.63. The first kappa shape index (κ1) is 15.9. The van der Waals surface area contributed by atoms with Gasteiger partial charge in [-0.2, -0.15) is 5.10 Å². The molecule has 0 radical (unpaired) electrons. The maximum absolute atomic E-state index is 12.8. The highest BCUT2D eigenvalue weighted by molar-refractivity contribution is 5.72. The molecule has 0 bridgehead atoms. The Balaban J connectivity index is 1.50. The van der Waals surface area contributed by atoms with Crippen LogP contribution in [0.25, 0.3) is 11.0 Å². The number of nitrogens with one attached hydrogen (secondary N) is 1. The van der Waals surface area contributed by atoms with Crippen LogP contribution in [0.5, 0.6) is 0 Å². The van der Waals surface area contributed by atoms with Gasteiger partial charge >= 0.3 is 5.69 Å². The number of hydrogen-bond donors (Lipinski definition) is 1. The lowest BCUT2D eigenvalue weighted by atomic mass is 10.2. The summed E-state index contributed by atoms with van der Waals surface area (Å²) in [6.45, 7) is 3.01. The van der Waals surface area contributed by atoms with E-state index >= 15 is 0 Å². The predicted octanol–water partition coefficient (Wildman–Crippen LogP) is 1.62. The Morgan fingerprint density at radius 1 is 1.32 bits per heavy atom. The summed E-state index contributed by atoms with van der Waals surface area (Å²) in [5, 5.41) is 8.12. The normalized spacial score (nSPS) is 14.4. The minimum absolute atomic E-state index is 0.257. The van der Waals surface area contributed by atoms with Crippen LogP contribution >= 0.6 is 0 Å². The molecule has 1 saturated carbocycles. The van der Waals surface area contributed by atoms with Crippen LogP contribution in [0.2, 0.25) is 0 Å². The Bertz CT molecular complexity index is 1010. The van der Waals surface area contributed by atoms with E-state index in [1.165, 1.54) is 17.4 Å². The van der Waals surface area contributed by atoms with Gasteiger partial charge in [0.05, 0.1) is 17.4 Å². The molecule has 3 heterocycles. The third-order valence-corrected chi connectivity index (χ3v) is 4.63. The van der Waals surface area contributed by atoms with Crippen LogP contribution in [0.1, 0.15) is 37.1 Å². The SMILES string of the molecule is Cc1cc(CCCCn2c(=O)[nH]c3cnn(CC4CC4)c3c2=O)on1. The van der Waals surface area contributed by atoms with Gasteiger partial charge in [0.15, 0.2) is 5.52 Å². The summed E-state index contributed by atoms with van der Waals surface area (Å²) in [6, 6.07) is 1.90. The highest BCUT2D eigenvalue weighted by Crippen LogP contribution is 2.30. The fraction of sp³-hybridized carbons (Fsp3) is 0.529. The molecule has 8 heteroatoms. The summed E-state index contributed by atoms with van der Waals surface area (Å²) in [7, 11) is 0. The van der Waals surface area contributed by atoms with Crippen LogP contribution in [0.15, 0.2) is 26.4 Å². The van der Waals surface area contributed by atoms with E-state index in [0.717, 1.165) is 30.8 Å². The lowest BCUT2D eigenvalue weighted by Crippen LogP contribution is -2.35. The molecule has 1 aliphatic carbocycles. The van der Waals surface area contributed by atoms with Crippen molar-refractivity contribution in [3.63, 3.8) is 0 Å². The number of nitrogens with zero attached hydrogens (tertiary/aromatic N) is 4. The lowest BCUT2D eigenvalue weighted by Gasteiger charge is -2.06. The molecule has 0 aromatic carbocycles. The average molecular weight is 343 g/mol. The maximum Gasteiger partial charge on any atom is 0.328 e. The summed E-state index contributed by atoms with van der Waals surface area (Å²) < 4.78 is 8.18. The van der Waals surface area contributed by atoms with Gasteiger partial charge in [-0.25, -0.2) is 4.79 Å². The standard InChI is InChI=1S/C17H21N5O3/c1-11-8-13(25-20-11)4-2-3-7-21-16(23)15-14(19-17(21)24)9-18-22(15)10-12-5-6-12/h8-9,12H,2-7,10H2,1H3,(H,19,24). The van der Waals surface area contributed by atoms with Gasteiger partial charge in [0, 0.05) is 25.6 Å². The first-order chi connectivity index (χ1) is 12.1. The molecule has 0 spiro atoms. The van der Waals surface area contributed by atoms with Crippen molar-refractivity contribution in [2.45, 2.75) is 52.1 Å². The molecule has 0 atom stereocenters. The van der Waals surface area contributed by atoms with Gasteiger partial charge < -0.3 is 9.51 Å². The number of H-pyrrole nitrogens is 1. The summed E-state index contributed by atoms with van der Waals surface area (Å²) in [5.41, 5.74) is 1.24. The molecule has 3 aromatic heterocycles. The summed E-state index contributed by atoms with van der Waals surface area (Å²) in [4.78, 5) is 27.7. The summed E-state index contributed by atoms with van der Waals surface area (Å²) >= 11 is 0. The second-order valence-corrected chi connectivity index (χ2v) is 6.81. The Morgan fingerprint density at radius 3 is 2.88 bits per heavy atom. The molecular formula is C17H21N5O3. The zero-order valence-corrected chi connectivity index (χ0v) is 14.2. The molecule has 132 valence electrons. The second kappa shape index (κ2) is 6.34. The molecular weight excluding hydrogens is 322 g/mol. The van der Waals surface area contributed by atoms with E-state index in [0.29, 0.717) is 29.9 Å². The van der Waals surface area contributed by atoms with E-state index in [-0.39, 0.29) is 11.2 Å². The van der Waals surface area contributed by atoms with Crippen molar-refractivity contribution in [3.05, 3.63) is 44.6 Å². The van der Waals surface area contributed by atoms with Gasteiger partial charge in [-0.15, -0.1) is 0 Å². The molecule has 1 N–H and O–H groups in total. The Kier molecular flexibility index (Phi) is 4.03. The van der Waals surface area contributed by atoms with Gasteiger partial charge in [0.2, 0.25) is 0 Å². The van der Waals surface area contributed by atoms with Gasteiger partial charge in [0.25, 0.3) is 5.56 Å². The molecule has 0 saturated heterocycles. The second-order valence-electron chi connectivity index (χ2n) is 6.81. The smallest absolute Gasteiger partial charge is 0.328 e. The van der Waals surface area contributed by atoms with Crippen molar-refractivity contribution < 1.29 is 4.52 Å². The number of aromatic nitrogens is 5. The quantitative estimate of drug-likeness (QED) is 0.657. The number of unbranched alkanes of at least 4 members (excludes halogenated alkanes) is 1. The van der Waals surface area contributed by atoms with E-state index in [1.54, 1.807) is 10.9 Å². The summed E-state index contributed by atoms with van der Waals surface area (Å²) in [5.74, 6) is 1.44. The van der Waals surface area contributed by atoms with Crippen LogP contribution in [-0.2, 0) is 19.5 Å². The van der Waals surface area contributed by atoms with E-state index < -0.39 is 0 Å². The van der Waals surface area contributed by atoms with Crippen LogP contribution in [0.4, 0.5) is 0 Å². The third kappa shape index (κ3) is 3.29. The zero-order chi connectivity index (χ0) is 17.4. The predicted molar refractivity (Wildman–Crippen MR) is 91.5 cm³/mol. The van der Waals surface area contributed by atoms with Crippen LogP contribution in [0.3, 0.4) is 0 Å². The van der Waals surface area contributed by atoms with Gasteiger partial charge in [0.1, 0.15) is 5.76 Å². The van der Waals surface area contributed by atoms with Crippen molar-refractivity contribution >= 4 is 11.0 Å². The Labute approximate surface area is 143 Å². The van der Waals surface area contributed by atoms with Crippen LogP contribution < -0.4 is 11.2 Å². The minimum Gasteiger partial charge on any atom is -0.361 e. The molecule has 1 aliphatic rings. The highest BCUT2D eigenvalue weighted by atomic mass is 16.5. The fourth-order valence-electron chi connectivity index (χ4n) is 3.09. The van der Waals surface area contributed by atoms with E-state index in [1.807, 2.05) is 13.0 Å². The topological polar surface area (TPSA) is 98.7 Å².